The molecule has 2 rings (SSSR count). The lowest BCUT2D eigenvalue weighted by molar-refractivity contribution is 0.213. The minimum Gasteiger partial charge on any atom is -0.336 e. The molecule has 138 valence electrons. The Bertz CT molecular complexity index is 770. The van der Waals surface area contributed by atoms with Crippen LogP contribution < -0.4 is 16.0 Å². The Morgan fingerprint density at radius 3 is 2.08 bits per heavy atom. The number of nitrogens with one attached hydrogen (secondary N) is 3. The first-order chi connectivity index (χ1) is 12.5. The highest BCUT2D eigenvalue weighted by Gasteiger charge is 2.12. The molecule has 0 saturated heterocycles. The zero-order valence-corrected chi connectivity index (χ0v) is 15.8. The number of hydrogen-bond acceptors (Lipinski definition) is 2. The number of carbonyl (C=O) groups is 2. The van der Waals surface area contributed by atoms with Crippen molar-refractivity contribution >= 4 is 46.6 Å². The Kier molecular flexibility index (Phi) is 7.56. The fraction of sp³-hybridized carbons (Fsp3) is 0.222. The van der Waals surface area contributed by atoms with Crippen LogP contribution in [-0.4, -0.2) is 36.6 Å². The third-order valence-electron chi connectivity index (χ3n) is 3.49. The molecule has 0 fully saturated rings. The molecule has 2 aromatic carbocycles. The molecule has 0 heterocycles. The van der Waals surface area contributed by atoms with E-state index in [2.05, 4.69) is 16.0 Å². The van der Waals surface area contributed by atoms with Gasteiger partial charge in [-0.3, -0.25) is 0 Å². The first-order valence-electron chi connectivity index (χ1n) is 8.10. The van der Waals surface area contributed by atoms with Gasteiger partial charge in [-0.05, 0) is 43.3 Å². The number of anilines is 2. The van der Waals surface area contributed by atoms with Crippen LogP contribution in [0, 0.1) is 0 Å². The van der Waals surface area contributed by atoms with Gasteiger partial charge in [-0.1, -0.05) is 35.3 Å². The number of likely N-dealkylation sites (N-methyl/N-ethyl adjacent to an activating group) is 1. The van der Waals surface area contributed by atoms with Crippen LogP contribution in [-0.2, 0) is 0 Å². The van der Waals surface area contributed by atoms with Crippen molar-refractivity contribution in [1.82, 2.24) is 10.2 Å². The predicted molar refractivity (Wildman–Crippen MR) is 106 cm³/mol. The lowest BCUT2D eigenvalue weighted by Crippen LogP contribution is -2.41. The van der Waals surface area contributed by atoms with Gasteiger partial charge in [-0.25, -0.2) is 9.59 Å². The highest BCUT2D eigenvalue weighted by atomic mass is 35.5. The minimum atomic E-state index is -0.362. The molecule has 0 aliphatic carbocycles. The second-order valence-electron chi connectivity index (χ2n) is 5.41. The Labute approximate surface area is 162 Å². The van der Waals surface area contributed by atoms with E-state index in [0.717, 1.165) is 0 Å². The normalized spacial score (nSPS) is 10.1. The van der Waals surface area contributed by atoms with Crippen molar-refractivity contribution in [3.63, 3.8) is 0 Å². The van der Waals surface area contributed by atoms with Gasteiger partial charge < -0.3 is 20.9 Å². The molecule has 26 heavy (non-hydrogen) atoms. The monoisotopic (exact) mass is 394 g/mol. The molecule has 2 aromatic rings. The zero-order chi connectivity index (χ0) is 18.9. The maximum atomic E-state index is 12.3. The number of carbonyl (C=O) groups excluding carboxylic acids is 2. The Morgan fingerprint density at radius 2 is 1.54 bits per heavy atom. The molecule has 0 spiro atoms. The summed E-state index contributed by atoms with van der Waals surface area (Å²) in [6.45, 7) is 3.04. The zero-order valence-electron chi connectivity index (χ0n) is 14.3. The van der Waals surface area contributed by atoms with E-state index in [1.165, 1.54) is 0 Å². The molecule has 6 nitrogen and oxygen atoms in total. The van der Waals surface area contributed by atoms with Crippen LogP contribution in [0.15, 0.2) is 48.5 Å². The number of urea groups is 2. The summed E-state index contributed by atoms with van der Waals surface area (Å²) in [6.07, 6.45) is 0. The lowest BCUT2D eigenvalue weighted by atomic mass is 10.3. The summed E-state index contributed by atoms with van der Waals surface area (Å²) in [5.74, 6) is 0. The molecule has 0 saturated carbocycles. The number of halogens is 2. The SMILES string of the molecule is CCN(CCNC(=O)Nc1cccc(Cl)c1)C(=O)Nc1cccc(Cl)c1. The Hall–Kier alpha value is -2.44. The second-order valence-corrected chi connectivity index (χ2v) is 6.28. The van der Waals surface area contributed by atoms with Crippen molar-refractivity contribution < 1.29 is 9.59 Å². The molecule has 0 aliphatic heterocycles. The summed E-state index contributed by atoms with van der Waals surface area (Å²) in [4.78, 5) is 25.8. The number of hydrogen-bond donors (Lipinski definition) is 3. The summed E-state index contributed by atoms with van der Waals surface area (Å²) in [7, 11) is 0. The Morgan fingerprint density at radius 1 is 0.962 bits per heavy atom. The van der Waals surface area contributed by atoms with Crippen LogP contribution in [0.5, 0.6) is 0 Å². The van der Waals surface area contributed by atoms with E-state index in [9.17, 15) is 9.59 Å². The lowest BCUT2D eigenvalue weighted by Gasteiger charge is -2.21. The molecule has 0 bridgehead atoms. The second kappa shape index (κ2) is 9.89. The van der Waals surface area contributed by atoms with Crippen molar-refractivity contribution in [2.24, 2.45) is 0 Å². The number of amides is 4. The van der Waals surface area contributed by atoms with E-state index in [1.54, 1.807) is 53.4 Å². The maximum absolute atomic E-state index is 12.3. The quantitative estimate of drug-likeness (QED) is 0.665. The molecule has 0 radical (unpaired) electrons. The predicted octanol–water partition coefficient (Wildman–Crippen LogP) is 4.67. The maximum Gasteiger partial charge on any atom is 0.321 e. The standard InChI is InChI=1S/C18H20Cl2N4O2/c1-2-24(18(26)23-16-8-4-6-14(20)12-16)10-9-21-17(25)22-15-7-3-5-13(19)11-15/h3-8,11-12H,2,9-10H2,1H3,(H,23,26)(H2,21,22,25). The summed E-state index contributed by atoms with van der Waals surface area (Å²) in [5, 5.41) is 9.25. The summed E-state index contributed by atoms with van der Waals surface area (Å²) in [5.41, 5.74) is 1.22. The van der Waals surface area contributed by atoms with Gasteiger partial charge in [0.15, 0.2) is 0 Å². The van der Waals surface area contributed by atoms with Gasteiger partial charge in [0.1, 0.15) is 0 Å². The van der Waals surface area contributed by atoms with E-state index in [0.29, 0.717) is 41.1 Å². The van der Waals surface area contributed by atoms with E-state index < -0.39 is 0 Å². The minimum absolute atomic E-state index is 0.258. The molecule has 0 unspecified atom stereocenters. The van der Waals surface area contributed by atoms with Crippen LogP contribution in [0.25, 0.3) is 0 Å². The van der Waals surface area contributed by atoms with Crippen molar-refractivity contribution in [1.29, 1.82) is 0 Å². The van der Waals surface area contributed by atoms with Crippen LogP contribution >= 0.6 is 23.2 Å². The van der Waals surface area contributed by atoms with Crippen molar-refractivity contribution in [2.75, 3.05) is 30.3 Å². The van der Waals surface area contributed by atoms with Crippen LogP contribution in [0.1, 0.15) is 6.92 Å². The van der Waals surface area contributed by atoms with Crippen molar-refractivity contribution in [2.45, 2.75) is 6.92 Å². The molecule has 0 aromatic heterocycles. The van der Waals surface area contributed by atoms with E-state index in [-0.39, 0.29) is 12.1 Å². The van der Waals surface area contributed by atoms with Gasteiger partial charge in [0.2, 0.25) is 0 Å². The molecule has 4 amide bonds. The molecule has 3 N–H and O–H groups in total. The third-order valence-corrected chi connectivity index (χ3v) is 3.96. The van der Waals surface area contributed by atoms with Crippen LogP contribution in [0.4, 0.5) is 21.0 Å². The highest BCUT2D eigenvalue weighted by molar-refractivity contribution is 6.31. The average Bonchev–Trinajstić information content (AvgIpc) is 2.58. The van der Waals surface area contributed by atoms with Crippen LogP contribution in [0.2, 0.25) is 10.0 Å². The first kappa shape index (κ1) is 19.9. The summed E-state index contributed by atoms with van der Waals surface area (Å²) < 4.78 is 0. The largest absolute Gasteiger partial charge is 0.336 e. The van der Waals surface area contributed by atoms with Gasteiger partial charge in [-0.15, -0.1) is 0 Å². The average molecular weight is 395 g/mol. The van der Waals surface area contributed by atoms with E-state index >= 15 is 0 Å². The summed E-state index contributed by atoms with van der Waals surface area (Å²) in [6, 6.07) is 13.2. The first-order valence-corrected chi connectivity index (χ1v) is 8.85. The molecule has 8 heteroatoms. The Balaban J connectivity index is 1.78. The van der Waals surface area contributed by atoms with Gasteiger partial charge in [0.25, 0.3) is 0 Å². The fourth-order valence-corrected chi connectivity index (χ4v) is 2.60. The smallest absolute Gasteiger partial charge is 0.321 e. The van der Waals surface area contributed by atoms with Crippen LogP contribution in [0.3, 0.4) is 0 Å². The molecular weight excluding hydrogens is 375 g/mol. The van der Waals surface area contributed by atoms with Crippen molar-refractivity contribution in [3.8, 4) is 0 Å². The van der Waals surface area contributed by atoms with E-state index in [4.69, 9.17) is 23.2 Å². The number of nitrogens with zero attached hydrogens (tertiary/aromatic N) is 1. The molecular formula is C18H20Cl2N4O2. The molecule has 0 atom stereocenters. The summed E-state index contributed by atoms with van der Waals surface area (Å²) >= 11 is 11.8. The number of benzene rings is 2. The highest BCUT2D eigenvalue weighted by Crippen LogP contribution is 2.16. The van der Waals surface area contributed by atoms with Gasteiger partial charge in [0.05, 0.1) is 0 Å². The topological polar surface area (TPSA) is 73.5 Å². The molecule has 0 aliphatic rings. The third kappa shape index (κ3) is 6.46. The van der Waals surface area contributed by atoms with Gasteiger partial charge in [-0.2, -0.15) is 0 Å². The number of rotatable bonds is 6. The van der Waals surface area contributed by atoms with E-state index in [1.807, 2.05) is 6.92 Å². The fourth-order valence-electron chi connectivity index (χ4n) is 2.22. The van der Waals surface area contributed by atoms with Gasteiger partial charge in [0, 0.05) is 41.1 Å². The van der Waals surface area contributed by atoms with Gasteiger partial charge >= 0.3 is 12.1 Å². The van der Waals surface area contributed by atoms with Crippen molar-refractivity contribution in [3.05, 3.63) is 58.6 Å².